The molecule has 3 rings (SSSR count). The zero-order valence-corrected chi connectivity index (χ0v) is 12.5. The number of amides is 2. The van der Waals surface area contributed by atoms with Crippen molar-refractivity contribution in [2.45, 2.75) is 51.1 Å². The van der Waals surface area contributed by atoms with Gasteiger partial charge in [0, 0.05) is 6.54 Å². The lowest BCUT2D eigenvalue weighted by molar-refractivity contribution is -0.150. The molecule has 4 heteroatoms. The number of piperazine rings is 1. The maximum atomic E-state index is 12.8. The average Bonchev–Trinajstić information content (AvgIpc) is 2.94. The van der Waals surface area contributed by atoms with Crippen LogP contribution in [0.5, 0.6) is 0 Å². The van der Waals surface area contributed by atoms with Gasteiger partial charge in [0.2, 0.25) is 11.8 Å². The third-order valence-electron chi connectivity index (χ3n) is 4.73. The molecule has 1 N–H and O–H groups in total. The van der Waals surface area contributed by atoms with Crippen molar-refractivity contribution >= 4 is 11.8 Å². The molecule has 2 amide bonds. The number of carbonyl (C=O) groups excluding carboxylic acids is 2. The molecule has 1 aliphatic heterocycles. The number of nitrogens with zero attached hydrogens (tertiary/aromatic N) is 1. The van der Waals surface area contributed by atoms with E-state index in [1.54, 1.807) is 4.90 Å². The topological polar surface area (TPSA) is 49.4 Å². The lowest BCUT2D eigenvalue weighted by Crippen LogP contribution is -2.65. The minimum Gasteiger partial charge on any atom is -0.340 e. The second-order valence-corrected chi connectivity index (χ2v) is 6.12. The van der Waals surface area contributed by atoms with E-state index in [4.69, 9.17) is 0 Å². The largest absolute Gasteiger partial charge is 0.340 e. The maximum Gasteiger partial charge on any atom is 0.249 e. The number of carbonyl (C=O) groups is 2. The summed E-state index contributed by atoms with van der Waals surface area (Å²) in [6.07, 6.45) is 4.54. The summed E-state index contributed by atoms with van der Waals surface area (Å²) >= 11 is 0. The Labute approximate surface area is 125 Å². The standard InChI is InChI=1S/C17H22N2O2/c1-2-13-7-3-4-8-14(13)11-19-12-15(20)18-17(16(19)21)9-5-6-10-17/h3-4,7-8H,2,5-6,9-12H2,1H3,(H,18,20). The van der Waals surface area contributed by atoms with Crippen molar-refractivity contribution in [2.75, 3.05) is 6.54 Å². The molecular weight excluding hydrogens is 264 g/mol. The maximum absolute atomic E-state index is 12.8. The van der Waals surface area contributed by atoms with Crippen LogP contribution in [0.15, 0.2) is 24.3 Å². The van der Waals surface area contributed by atoms with E-state index in [1.165, 1.54) is 5.56 Å². The Kier molecular flexibility index (Phi) is 3.70. The zero-order chi connectivity index (χ0) is 14.9. The molecule has 1 saturated heterocycles. The Morgan fingerprint density at radius 2 is 1.81 bits per heavy atom. The van der Waals surface area contributed by atoms with Crippen LogP contribution in [0.3, 0.4) is 0 Å². The molecule has 1 spiro atoms. The van der Waals surface area contributed by atoms with Gasteiger partial charge in [-0.15, -0.1) is 0 Å². The molecule has 1 aromatic rings. The minimum absolute atomic E-state index is 0.0227. The number of aryl methyl sites for hydroxylation is 1. The van der Waals surface area contributed by atoms with Gasteiger partial charge in [0.05, 0.1) is 6.54 Å². The minimum atomic E-state index is -0.615. The second-order valence-electron chi connectivity index (χ2n) is 6.12. The molecule has 0 radical (unpaired) electrons. The summed E-state index contributed by atoms with van der Waals surface area (Å²) in [7, 11) is 0. The first-order valence-corrected chi connectivity index (χ1v) is 7.82. The van der Waals surface area contributed by atoms with Gasteiger partial charge in [0.15, 0.2) is 0 Å². The summed E-state index contributed by atoms with van der Waals surface area (Å²) in [6.45, 7) is 2.83. The van der Waals surface area contributed by atoms with E-state index in [1.807, 2.05) is 12.1 Å². The van der Waals surface area contributed by atoms with Gasteiger partial charge in [-0.2, -0.15) is 0 Å². The van der Waals surface area contributed by atoms with E-state index in [2.05, 4.69) is 24.4 Å². The van der Waals surface area contributed by atoms with E-state index < -0.39 is 5.54 Å². The highest BCUT2D eigenvalue weighted by molar-refractivity contribution is 5.98. The molecular formula is C17H22N2O2. The molecule has 0 unspecified atom stereocenters. The monoisotopic (exact) mass is 286 g/mol. The summed E-state index contributed by atoms with van der Waals surface area (Å²) < 4.78 is 0. The molecule has 1 aromatic carbocycles. The van der Waals surface area contributed by atoms with E-state index in [0.717, 1.165) is 37.7 Å². The number of rotatable bonds is 3. The van der Waals surface area contributed by atoms with E-state index in [-0.39, 0.29) is 18.4 Å². The van der Waals surface area contributed by atoms with Crippen molar-refractivity contribution in [3.63, 3.8) is 0 Å². The van der Waals surface area contributed by atoms with E-state index >= 15 is 0 Å². The lowest BCUT2D eigenvalue weighted by Gasteiger charge is -2.40. The fourth-order valence-corrected chi connectivity index (χ4v) is 3.62. The van der Waals surface area contributed by atoms with Gasteiger partial charge in [0.1, 0.15) is 5.54 Å². The fraction of sp³-hybridized carbons (Fsp3) is 0.529. The van der Waals surface area contributed by atoms with Crippen molar-refractivity contribution in [3.8, 4) is 0 Å². The van der Waals surface area contributed by atoms with Crippen molar-refractivity contribution in [1.29, 1.82) is 0 Å². The highest BCUT2D eigenvalue weighted by Gasteiger charge is 2.48. The fourth-order valence-electron chi connectivity index (χ4n) is 3.62. The molecule has 0 bridgehead atoms. The van der Waals surface area contributed by atoms with Gasteiger partial charge in [-0.05, 0) is 30.4 Å². The van der Waals surface area contributed by atoms with Gasteiger partial charge < -0.3 is 10.2 Å². The Hall–Kier alpha value is -1.84. The first-order chi connectivity index (χ1) is 10.1. The Balaban J connectivity index is 1.84. The van der Waals surface area contributed by atoms with Gasteiger partial charge in [-0.1, -0.05) is 44.0 Å². The van der Waals surface area contributed by atoms with Crippen LogP contribution < -0.4 is 5.32 Å². The van der Waals surface area contributed by atoms with Crippen molar-refractivity contribution in [1.82, 2.24) is 10.2 Å². The Morgan fingerprint density at radius 1 is 1.14 bits per heavy atom. The first kappa shape index (κ1) is 14.1. The molecule has 2 fully saturated rings. The summed E-state index contributed by atoms with van der Waals surface area (Å²) in [4.78, 5) is 26.6. The van der Waals surface area contributed by atoms with Gasteiger partial charge >= 0.3 is 0 Å². The second kappa shape index (κ2) is 5.51. The summed E-state index contributed by atoms with van der Waals surface area (Å²) in [5.41, 5.74) is 1.78. The van der Waals surface area contributed by atoms with Gasteiger partial charge in [-0.25, -0.2) is 0 Å². The quantitative estimate of drug-likeness (QED) is 0.924. The average molecular weight is 286 g/mol. The summed E-state index contributed by atoms with van der Waals surface area (Å²) in [5.74, 6) is 0.0796. The highest BCUT2D eigenvalue weighted by Crippen LogP contribution is 2.33. The Morgan fingerprint density at radius 3 is 2.48 bits per heavy atom. The molecule has 0 aromatic heterocycles. The van der Waals surface area contributed by atoms with Crippen molar-refractivity contribution in [3.05, 3.63) is 35.4 Å². The van der Waals surface area contributed by atoms with Crippen LogP contribution in [-0.4, -0.2) is 28.8 Å². The number of hydrogen-bond donors (Lipinski definition) is 1. The van der Waals surface area contributed by atoms with Crippen LogP contribution >= 0.6 is 0 Å². The molecule has 4 nitrogen and oxygen atoms in total. The molecule has 1 aliphatic carbocycles. The first-order valence-electron chi connectivity index (χ1n) is 7.82. The molecule has 21 heavy (non-hydrogen) atoms. The van der Waals surface area contributed by atoms with E-state index in [0.29, 0.717) is 6.54 Å². The van der Waals surface area contributed by atoms with Crippen LogP contribution in [0, 0.1) is 0 Å². The van der Waals surface area contributed by atoms with Crippen LogP contribution in [0.1, 0.15) is 43.7 Å². The normalized spacial score (nSPS) is 20.9. The van der Waals surface area contributed by atoms with Crippen LogP contribution in [0.25, 0.3) is 0 Å². The smallest absolute Gasteiger partial charge is 0.249 e. The zero-order valence-electron chi connectivity index (χ0n) is 12.5. The lowest BCUT2D eigenvalue weighted by atomic mass is 9.92. The van der Waals surface area contributed by atoms with Gasteiger partial charge in [-0.3, -0.25) is 9.59 Å². The highest BCUT2D eigenvalue weighted by atomic mass is 16.2. The Bertz CT molecular complexity index is 562. The number of hydrogen-bond acceptors (Lipinski definition) is 2. The van der Waals surface area contributed by atoms with E-state index in [9.17, 15) is 9.59 Å². The van der Waals surface area contributed by atoms with Crippen LogP contribution in [0.4, 0.5) is 0 Å². The third kappa shape index (κ3) is 2.55. The van der Waals surface area contributed by atoms with Crippen molar-refractivity contribution in [2.24, 2.45) is 0 Å². The predicted octanol–water partition coefficient (Wildman–Crippen LogP) is 2.02. The number of nitrogens with one attached hydrogen (secondary N) is 1. The molecule has 1 saturated carbocycles. The molecule has 2 aliphatic rings. The van der Waals surface area contributed by atoms with Crippen molar-refractivity contribution < 1.29 is 9.59 Å². The predicted molar refractivity (Wildman–Crippen MR) is 80.6 cm³/mol. The number of benzene rings is 1. The summed E-state index contributed by atoms with van der Waals surface area (Å²) in [6, 6.07) is 8.16. The molecule has 1 heterocycles. The van der Waals surface area contributed by atoms with Crippen LogP contribution in [-0.2, 0) is 22.6 Å². The molecule has 0 atom stereocenters. The van der Waals surface area contributed by atoms with Gasteiger partial charge in [0.25, 0.3) is 0 Å². The summed E-state index contributed by atoms with van der Waals surface area (Å²) in [5, 5.41) is 2.96. The van der Waals surface area contributed by atoms with Crippen LogP contribution in [0.2, 0.25) is 0 Å². The SMILES string of the molecule is CCc1ccccc1CN1CC(=O)NC2(CCCC2)C1=O. The third-order valence-corrected chi connectivity index (χ3v) is 4.73. The molecule has 112 valence electrons.